The van der Waals surface area contributed by atoms with Crippen molar-refractivity contribution in [3.8, 4) is 11.4 Å². The van der Waals surface area contributed by atoms with Gasteiger partial charge in [0, 0.05) is 62.3 Å². The lowest BCUT2D eigenvalue weighted by atomic mass is 10.0. The molecule has 5 aromatic heterocycles. The van der Waals surface area contributed by atoms with E-state index in [0.29, 0.717) is 0 Å². The molecule has 0 saturated carbocycles. The lowest BCUT2D eigenvalue weighted by molar-refractivity contribution is 1.17. The number of benzene rings is 5. The Kier molecular flexibility index (Phi) is 4.39. The Bertz CT molecular complexity index is 2710. The molecule has 5 nitrogen and oxygen atoms in total. The molecule has 0 fully saturated rings. The predicted octanol–water partition coefficient (Wildman–Crippen LogP) is 9.23. The Morgan fingerprint density at radius 2 is 1.09 bits per heavy atom. The number of nitrogens with zero attached hydrogens (tertiary/aromatic N) is 5. The van der Waals surface area contributed by atoms with Crippen molar-refractivity contribution < 1.29 is 0 Å². The summed E-state index contributed by atoms with van der Waals surface area (Å²) in [5.74, 6) is 0. The highest BCUT2D eigenvalue weighted by Crippen LogP contribution is 2.43. The van der Waals surface area contributed by atoms with Gasteiger partial charge in [-0.1, -0.05) is 54.6 Å². The van der Waals surface area contributed by atoms with E-state index in [1.165, 1.54) is 38.1 Å². The number of hydrogen-bond donors (Lipinski definition) is 0. The van der Waals surface area contributed by atoms with Crippen LogP contribution in [0.5, 0.6) is 0 Å². The maximum absolute atomic E-state index is 4.98. The van der Waals surface area contributed by atoms with Crippen LogP contribution in [0.25, 0.3) is 82.4 Å². The van der Waals surface area contributed by atoms with Gasteiger partial charge in [0.2, 0.25) is 0 Å². The first-order chi connectivity index (χ1) is 21.4. The molecular formula is C38H23N5. The molecule has 10 aromatic rings. The van der Waals surface area contributed by atoms with Crippen LogP contribution in [0.3, 0.4) is 0 Å². The molecule has 0 saturated heterocycles. The molecule has 0 radical (unpaired) electrons. The lowest BCUT2D eigenvalue weighted by Gasteiger charge is -2.10. The molecule has 5 heterocycles. The third kappa shape index (κ3) is 2.95. The van der Waals surface area contributed by atoms with Crippen molar-refractivity contribution in [3.63, 3.8) is 0 Å². The zero-order valence-electron chi connectivity index (χ0n) is 23.0. The molecule has 0 N–H and O–H groups in total. The van der Waals surface area contributed by atoms with E-state index in [-0.39, 0.29) is 0 Å². The fraction of sp³-hybridized carbons (Fsp3) is 0. The number of rotatable bonds is 2. The summed E-state index contributed by atoms with van der Waals surface area (Å²) in [4.78, 5) is 9.78. The smallest absolute Gasteiger partial charge is 0.145 e. The van der Waals surface area contributed by atoms with E-state index in [9.17, 15) is 0 Å². The van der Waals surface area contributed by atoms with E-state index in [4.69, 9.17) is 9.97 Å². The molecule has 5 heteroatoms. The fourth-order valence-electron chi connectivity index (χ4n) is 7.19. The summed E-state index contributed by atoms with van der Waals surface area (Å²) < 4.78 is 6.95. The van der Waals surface area contributed by atoms with Gasteiger partial charge in [-0.05, 0) is 66.7 Å². The Morgan fingerprint density at radius 3 is 1.91 bits per heavy atom. The van der Waals surface area contributed by atoms with Crippen LogP contribution in [0.2, 0.25) is 0 Å². The normalized spacial score (nSPS) is 12.2. The van der Waals surface area contributed by atoms with Crippen molar-refractivity contribution in [2.45, 2.75) is 0 Å². The zero-order chi connectivity index (χ0) is 28.1. The minimum atomic E-state index is 0.942. The average Bonchev–Trinajstić information content (AvgIpc) is 3.77. The standard InChI is InChI=1S/C38H23N5/c1-3-10-24(11-4-1)42-30-15-8-7-14-26(30)28-22-34-29(23-33(28)42)35-31(43(34)25-12-5-2-6-13-25)18-17-27-36(35)37-32(16-9-19-39-37)41-21-20-40-38(27)41/h1-23H. The monoisotopic (exact) mass is 549 g/mol. The molecule has 0 aliphatic heterocycles. The summed E-state index contributed by atoms with van der Waals surface area (Å²) in [6.07, 6.45) is 5.80. The van der Waals surface area contributed by atoms with Crippen LogP contribution < -0.4 is 0 Å². The lowest BCUT2D eigenvalue weighted by Crippen LogP contribution is -1.95. The van der Waals surface area contributed by atoms with Crippen LogP contribution >= 0.6 is 0 Å². The quantitative estimate of drug-likeness (QED) is 0.202. The minimum absolute atomic E-state index is 0.942. The molecular weight excluding hydrogens is 526 g/mol. The minimum Gasteiger partial charge on any atom is -0.309 e. The van der Waals surface area contributed by atoms with Crippen molar-refractivity contribution >= 4 is 71.1 Å². The molecule has 10 rings (SSSR count). The van der Waals surface area contributed by atoms with Crippen LogP contribution in [0, 0.1) is 0 Å². The summed E-state index contributed by atoms with van der Waals surface area (Å²) in [7, 11) is 0. The van der Waals surface area contributed by atoms with Crippen LogP contribution in [0.4, 0.5) is 0 Å². The van der Waals surface area contributed by atoms with Gasteiger partial charge in [-0.2, -0.15) is 0 Å². The molecule has 0 atom stereocenters. The molecule has 0 amide bonds. The Morgan fingerprint density at radius 1 is 0.419 bits per heavy atom. The predicted molar refractivity (Wildman–Crippen MR) is 177 cm³/mol. The number of aromatic nitrogens is 5. The number of para-hydroxylation sites is 3. The van der Waals surface area contributed by atoms with Gasteiger partial charge in [0.25, 0.3) is 0 Å². The summed E-state index contributed by atoms with van der Waals surface area (Å²) >= 11 is 0. The zero-order valence-corrected chi connectivity index (χ0v) is 23.0. The van der Waals surface area contributed by atoms with E-state index in [2.05, 4.69) is 129 Å². The van der Waals surface area contributed by atoms with Crippen molar-refractivity contribution in [2.24, 2.45) is 0 Å². The molecule has 0 aliphatic rings. The van der Waals surface area contributed by atoms with Crippen molar-refractivity contribution in [3.05, 3.63) is 140 Å². The molecule has 0 spiro atoms. The Hall–Kier alpha value is -5.94. The van der Waals surface area contributed by atoms with Gasteiger partial charge in [0.15, 0.2) is 0 Å². The first-order valence-electron chi connectivity index (χ1n) is 14.5. The van der Waals surface area contributed by atoms with E-state index < -0.39 is 0 Å². The number of fused-ring (bicyclic) bond motifs is 13. The van der Waals surface area contributed by atoms with E-state index in [0.717, 1.165) is 44.3 Å². The summed E-state index contributed by atoms with van der Waals surface area (Å²) in [6.45, 7) is 0. The largest absolute Gasteiger partial charge is 0.309 e. The topological polar surface area (TPSA) is 40.0 Å². The van der Waals surface area contributed by atoms with Gasteiger partial charge in [0.05, 0.1) is 33.1 Å². The summed E-state index contributed by atoms with van der Waals surface area (Å²) in [5, 5.41) is 7.09. The van der Waals surface area contributed by atoms with Crippen LogP contribution in [0.15, 0.2) is 140 Å². The number of hydrogen-bond acceptors (Lipinski definition) is 2. The highest BCUT2D eigenvalue weighted by Gasteiger charge is 2.22. The van der Waals surface area contributed by atoms with Crippen LogP contribution in [0.1, 0.15) is 0 Å². The maximum Gasteiger partial charge on any atom is 0.145 e. The Labute approximate surface area is 245 Å². The second-order valence-electron chi connectivity index (χ2n) is 11.1. The molecule has 0 unspecified atom stereocenters. The molecule has 0 bridgehead atoms. The van der Waals surface area contributed by atoms with Crippen molar-refractivity contribution in [1.82, 2.24) is 23.5 Å². The van der Waals surface area contributed by atoms with Gasteiger partial charge >= 0.3 is 0 Å². The number of imidazole rings is 1. The highest BCUT2D eigenvalue weighted by atomic mass is 15.0. The molecule has 0 aliphatic carbocycles. The van der Waals surface area contributed by atoms with Gasteiger partial charge in [-0.15, -0.1) is 0 Å². The first-order valence-corrected chi connectivity index (χ1v) is 14.5. The van der Waals surface area contributed by atoms with Gasteiger partial charge in [-0.3, -0.25) is 9.38 Å². The van der Waals surface area contributed by atoms with E-state index in [1.807, 2.05) is 24.7 Å². The fourth-order valence-corrected chi connectivity index (χ4v) is 7.19. The van der Waals surface area contributed by atoms with Crippen LogP contribution in [-0.4, -0.2) is 23.5 Å². The first kappa shape index (κ1) is 22.7. The van der Waals surface area contributed by atoms with Gasteiger partial charge in [0.1, 0.15) is 5.65 Å². The van der Waals surface area contributed by atoms with Gasteiger partial charge in [-0.25, -0.2) is 4.98 Å². The summed E-state index contributed by atoms with van der Waals surface area (Å²) in [6, 6.07) is 43.4. The number of pyridine rings is 2. The molecule has 43 heavy (non-hydrogen) atoms. The SMILES string of the molecule is c1ccc(-n2c3ccccc3c3cc4c(cc32)c2c3c(ccc2n4-c2ccccc2)c2nccn2c2cccnc32)cc1. The van der Waals surface area contributed by atoms with Crippen LogP contribution in [-0.2, 0) is 0 Å². The van der Waals surface area contributed by atoms with Gasteiger partial charge < -0.3 is 9.13 Å². The third-order valence-corrected chi connectivity index (χ3v) is 8.92. The van der Waals surface area contributed by atoms with Crippen molar-refractivity contribution in [2.75, 3.05) is 0 Å². The van der Waals surface area contributed by atoms with E-state index >= 15 is 0 Å². The maximum atomic E-state index is 4.98. The molecule has 200 valence electrons. The highest BCUT2D eigenvalue weighted by molar-refractivity contribution is 6.31. The summed E-state index contributed by atoms with van der Waals surface area (Å²) in [5.41, 5.74) is 9.95. The van der Waals surface area contributed by atoms with E-state index in [1.54, 1.807) is 0 Å². The second kappa shape index (κ2) is 8.30. The van der Waals surface area contributed by atoms with Crippen molar-refractivity contribution in [1.29, 1.82) is 0 Å². The average molecular weight is 550 g/mol. The second-order valence-corrected chi connectivity index (χ2v) is 11.1. The third-order valence-electron chi connectivity index (χ3n) is 8.92. The Balaban J connectivity index is 1.50. The molecule has 5 aromatic carbocycles.